The standard InChI is InChI=1S/C21H20Cl2FN3O2/c1-14-19(20(23)27(26-14)17-8-6-16(24)7-9-17)21(28)25-12-2-3-13-29-18-10-4-15(22)5-11-18/h4-11H,2-3,12-13H2,1H3,(H,25,28). The number of amides is 1. The van der Waals surface area contributed by atoms with Gasteiger partial charge in [0.05, 0.1) is 23.6 Å². The second-order valence-corrected chi connectivity index (χ2v) is 7.20. The van der Waals surface area contributed by atoms with Gasteiger partial charge in [0, 0.05) is 11.6 Å². The molecule has 0 atom stereocenters. The molecule has 1 N–H and O–H groups in total. The number of aromatic nitrogens is 2. The number of rotatable bonds is 8. The summed E-state index contributed by atoms with van der Waals surface area (Å²) < 4.78 is 20.2. The lowest BCUT2D eigenvalue weighted by Crippen LogP contribution is -2.25. The van der Waals surface area contributed by atoms with Crippen molar-refractivity contribution in [2.45, 2.75) is 19.8 Å². The third-order valence-corrected chi connectivity index (χ3v) is 4.84. The van der Waals surface area contributed by atoms with E-state index in [1.54, 1.807) is 31.2 Å². The molecule has 3 aromatic rings. The van der Waals surface area contributed by atoms with E-state index in [9.17, 15) is 9.18 Å². The van der Waals surface area contributed by atoms with Crippen LogP contribution in [-0.4, -0.2) is 28.8 Å². The van der Waals surface area contributed by atoms with Gasteiger partial charge in [0.15, 0.2) is 0 Å². The highest BCUT2D eigenvalue weighted by molar-refractivity contribution is 6.33. The normalized spacial score (nSPS) is 10.8. The molecule has 3 rings (SSSR count). The van der Waals surface area contributed by atoms with Crippen LogP contribution in [0.5, 0.6) is 5.75 Å². The second-order valence-electron chi connectivity index (χ2n) is 6.40. The van der Waals surface area contributed by atoms with Crippen molar-refractivity contribution in [1.82, 2.24) is 15.1 Å². The zero-order valence-corrected chi connectivity index (χ0v) is 17.3. The lowest BCUT2D eigenvalue weighted by atomic mass is 10.2. The Morgan fingerprint density at radius 3 is 2.48 bits per heavy atom. The zero-order chi connectivity index (χ0) is 20.8. The number of hydrogen-bond acceptors (Lipinski definition) is 3. The number of carbonyl (C=O) groups is 1. The average molecular weight is 436 g/mol. The van der Waals surface area contributed by atoms with Crippen LogP contribution in [0.2, 0.25) is 10.2 Å². The summed E-state index contributed by atoms with van der Waals surface area (Å²) in [6.45, 7) is 2.74. The quantitative estimate of drug-likeness (QED) is 0.493. The Hall–Kier alpha value is -2.57. The largest absolute Gasteiger partial charge is 0.494 e. The summed E-state index contributed by atoms with van der Waals surface area (Å²) in [7, 11) is 0. The molecular weight excluding hydrogens is 416 g/mol. The van der Waals surface area contributed by atoms with Gasteiger partial charge < -0.3 is 10.1 Å². The van der Waals surface area contributed by atoms with Crippen molar-refractivity contribution in [2.24, 2.45) is 0 Å². The number of halogens is 3. The minimum absolute atomic E-state index is 0.192. The Morgan fingerprint density at radius 1 is 1.10 bits per heavy atom. The highest BCUT2D eigenvalue weighted by atomic mass is 35.5. The van der Waals surface area contributed by atoms with E-state index in [1.807, 2.05) is 12.1 Å². The summed E-state index contributed by atoms with van der Waals surface area (Å²) in [5, 5.41) is 8.01. The first-order chi connectivity index (χ1) is 14.0. The molecule has 0 aliphatic heterocycles. The van der Waals surface area contributed by atoms with Gasteiger partial charge in [0.1, 0.15) is 16.7 Å². The number of ether oxygens (including phenoxy) is 1. The second kappa shape index (κ2) is 9.76. The maximum Gasteiger partial charge on any atom is 0.256 e. The van der Waals surface area contributed by atoms with Crippen LogP contribution in [0, 0.1) is 12.7 Å². The molecule has 0 saturated heterocycles. The van der Waals surface area contributed by atoms with E-state index in [0.29, 0.717) is 35.1 Å². The van der Waals surface area contributed by atoms with Gasteiger partial charge in [-0.3, -0.25) is 4.79 Å². The van der Waals surface area contributed by atoms with Gasteiger partial charge in [-0.15, -0.1) is 0 Å². The first kappa shape index (κ1) is 21.1. The summed E-state index contributed by atoms with van der Waals surface area (Å²) in [6.07, 6.45) is 1.53. The van der Waals surface area contributed by atoms with Gasteiger partial charge in [-0.1, -0.05) is 23.2 Å². The Kier molecular flexibility index (Phi) is 7.12. The average Bonchev–Trinajstić information content (AvgIpc) is 3.00. The number of hydrogen-bond donors (Lipinski definition) is 1. The van der Waals surface area contributed by atoms with Crippen LogP contribution in [0.25, 0.3) is 5.69 Å². The van der Waals surface area contributed by atoms with Crippen LogP contribution in [0.3, 0.4) is 0 Å². The molecule has 0 spiro atoms. The van der Waals surface area contributed by atoms with Gasteiger partial charge in [-0.05, 0) is 68.3 Å². The predicted molar refractivity (Wildman–Crippen MR) is 112 cm³/mol. The molecule has 0 bridgehead atoms. The maximum absolute atomic E-state index is 13.1. The molecule has 29 heavy (non-hydrogen) atoms. The summed E-state index contributed by atoms with van der Waals surface area (Å²) in [5.74, 6) is 0.111. The highest BCUT2D eigenvalue weighted by Crippen LogP contribution is 2.23. The Morgan fingerprint density at radius 2 is 1.79 bits per heavy atom. The van der Waals surface area contributed by atoms with Gasteiger partial charge in [0.2, 0.25) is 0 Å². The molecule has 152 valence electrons. The molecule has 0 aliphatic rings. The fourth-order valence-electron chi connectivity index (χ4n) is 2.75. The zero-order valence-electron chi connectivity index (χ0n) is 15.8. The molecule has 0 unspecified atom stereocenters. The lowest BCUT2D eigenvalue weighted by molar-refractivity contribution is 0.0952. The molecule has 8 heteroatoms. The number of nitrogens with one attached hydrogen (secondary N) is 1. The first-order valence-electron chi connectivity index (χ1n) is 9.13. The van der Waals surface area contributed by atoms with Crippen molar-refractivity contribution in [3.8, 4) is 11.4 Å². The third kappa shape index (κ3) is 5.49. The topological polar surface area (TPSA) is 56.2 Å². The monoisotopic (exact) mass is 435 g/mol. The fraction of sp³-hybridized carbons (Fsp3) is 0.238. The molecule has 0 saturated carbocycles. The number of aryl methyl sites for hydroxylation is 1. The van der Waals surface area contributed by atoms with Crippen LogP contribution < -0.4 is 10.1 Å². The van der Waals surface area contributed by atoms with Gasteiger partial charge >= 0.3 is 0 Å². The van der Waals surface area contributed by atoms with Crippen molar-refractivity contribution in [1.29, 1.82) is 0 Å². The van der Waals surface area contributed by atoms with Gasteiger partial charge in [-0.25, -0.2) is 9.07 Å². The van der Waals surface area contributed by atoms with Crippen LogP contribution in [-0.2, 0) is 0 Å². The third-order valence-electron chi connectivity index (χ3n) is 4.24. The molecule has 1 aromatic heterocycles. The van der Waals surface area contributed by atoms with Crippen molar-refractivity contribution in [3.05, 3.63) is 75.8 Å². The van der Waals surface area contributed by atoms with E-state index in [1.165, 1.54) is 16.8 Å². The smallest absolute Gasteiger partial charge is 0.256 e. The van der Waals surface area contributed by atoms with Crippen LogP contribution in [0.15, 0.2) is 48.5 Å². The Balaban J connectivity index is 1.49. The van der Waals surface area contributed by atoms with Gasteiger partial charge in [0.25, 0.3) is 5.91 Å². The van der Waals surface area contributed by atoms with E-state index in [0.717, 1.165) is 18.6 Å². The lowest BCUT2D eigenvalue weighted by Gasteiger charge is -2.07. The number of unbranched alkanes of at least 4 members (excludes halogenated alkanes) is 1. The molecule has 5 nitrogen and oxygen atoms in total. The number of benzene rings is 2. The predicted octanol–water partition coefficient (Wildman–Crippen LogP) is 5.22. The summed E-state index contributed by atoms with van der Waals surface area (Å²) >= 11 is 12.2. The van der Waals surface area contributed by atoms with Crippen molar-refractivity contribution >= 4 is 29.1 Å². The molecule has 0 fully saturated rings. The minimum atomic E-state index is -0.355. The van der Waals surface area contributed by atoms with Crippen molar-refractivity contribution < 1.29 is 13.9 Å². The van der Waals surface area contributed by atoms with Crippen LogP contribution >= 0.6 is 23.2 Å². The van der Waals surface area contributed by atoms with E-state index < -0.39 is 0 Å². The molecule has 0 aliphatic carbocycles. The Bertz CT molecular complexity index is 973. The highest BCUT2D eigenvalue weighted by Gasteiger charge is 2.20. The van der Waals surface area contributed by atoms with Crippen molar-refractivity contribution in [2.75, 3.05) is 13.2 Å². The maximum atomic E-state index is 13.1. The van der Waals surface area contributed by atoms with E-state index in [4.69, 9.17) is 27.9 Å². The van der Waals surface area contributed by atoms with Crippen LogP contribution in [0.4, 0.5) is 4.39 Å². The first-order valence-corrected chi connectivity index (χ1v) is 9.89. The summed E-state index contributed by atoms with van der Waals surface area (Å²) in [6, 6.07) is 12.9. The molecule has 2 aromatic carbocycles. The molecular formula is C21H20Cl2FN3O2. The molecule has 1 amide bonds. The van der Waals surface area contributed by atoms with Gasteiger partial charge in [-0.2, -0.15) is 5.10 Å². The van der Waals surface area contributed by atoms with E-state index >= 15 is 0 Å². The Labute approximate surface area is 178 Å². The number of carbonyl (C=O) groups excluding carboxylic acids is 1. The minimum Gasteiger partial charge on any atom is -0.494 e. The fourth-order valence-corrected chi connectivity index (χ4v) is 3.23. The molecule has 1 heterocycles. The summed E-state index contributed by atoms with van der Waals surface area (Å²) in [4.78, 5) is 12.5. The van der Waals surface area contributed by atoms with E-state index in [2.05, 4.69) is 10.4 Å². The summed E-state index contributed by atoms with van der Waals surface area (Å²) in [5.41, 5.74) is 1.40. The van der Waals surface area contributed by atoms with E-state index in [-0.39, 0.29) is 16.9 Å². The number of nitrogens with zero attached hydrogens (tertiary/aromatic N) is 2. The molecule has 0 radical (unpaired) electrons. The van der Waals surface area contributed by atoms with Crippen molar-refractivity contribution in [3.63, 3.8) is 0 Å². The van der Waals surface area contributed by atoms with Crippen LogP contribution in [0.1, 0.15) is 28.9 Å². The SMILES string of the molecule is Cc1nn(-c2ccc(F)cc2)c(Cl)c1C(=O)NCCCCOc1ccc(Cl)cc1.